The summed E-state index contributed by atoms with van der Waals surface area (Å²) < 4.78 is 5.23. The lowest BCUT2D eigenvalue weighted by Gasteiger charge is -2.07. The van der Waals surface area contributed by atoms with Crippen LogP contribution in [0.25, 0.3) is 5.57 Å². The fourth-order valence-corrected chi connectivity index (χ4v) is 3.34. The molecule has 0 aliphatic rings. The molecule has 110 valence electrons. The van der Waals surface area contributed by atoms with Gasteiger partial charge in [-0.05, 0) is 57.1 Å². The molecule has 2 aromatic heterocycles. The lowest BCUT2D eigenvalue weighted by Crippen LogP contribution is -1.88. The van der Waals surface area contributed by atoms with E-state index in [0.29, 0.717) is 0 Å². The molecule has 0 amide bonds. The van der Waals surface area contributed by atoms with Gasteiger partial charge in [-0.2, -0.15) is 11.3 Å². The van der Waals surface area contributed by atoms with E-state index in [-0.39, 0.29) is 0 Å². The quantitative estimate of drug-likeness (QED) is 0.501. The van der Waals surface area contributed by atoms with Crippen molar-refractivity contribution in [3.63, 3.8) is 0 Å². The average Bonchev–Trinajstić information content (AvgIpc) is 3.11. The van der Waals surface area contributed by atoms with Crippen LogP contribution in [0.5, 0.6) is 5.75 Å². The smallest absolute Gasteiger partial charge is 0.191 e. The number of hydrogen-bond donors (Lipinski definition) is 0. The lowest BCUT2D eigenvalue weighted by atomic mass is 10.0. The van der Waals surface area contributed by atoms with Crippen LogP contribution in [-0.4, -0.2) is 17.1 Å². The van der Waals surface area contributed by atoms with Crippen molar-refractivity contribution in [2.75, 3.05) is 7.11 Å². The largest absolute Gasteiger partial charge is 0.497 e. The molecule has 0 saturated carbocycles. The first kappa shape index (κ1) is 14.8. The number of nitrogens with zero attached hydrogens (tertiary/aromatic N) is 2. The zero-order valence-corrected chi connectivity index (χ0v) is 13.6. The molecule has 0 unspecified atom stereocenters. The van der Waals surface area contributed by atoms with Gasteiger partial charge in [0.05, 0.1) is 7.11 Å². The SMILES string of the molecule is COc1ccc(/C(=C\Sc2ncccn2)c2ccsc2)cc1. The zero-order valence-electron chi connectivity index (χ0n) is 12.0. The van der Waals surface area contributed by atoms with Crippen molar-refractivity contribution in [2.24, 2.45) is 0 Å². The van der Waals surface area contributed by atoms with Gasteiger partial charge in [0.25, 0.3) is 0 Å². The number of ether oxygens (including phenoxy) is 1. The van der Waals surface area contributed by atoms with E-state index in [4.69, 9.17) is 4.74 Å². The number of aromatic nitrogens is 2. The topological polar surface area (TPSA) is 35.0 Å². The first-order valence-corrected chi connectivity index (χ1v) is 8.50. The minimum Gasteiger partial charge on any atom is -0.497 e. The minimum absolute atomic E-state index is 0.740. The molecule has 0 aliphatic carbocycles. The summed E-state index contributed by atoms with van der Waals surface area (Å²) in [6.45, 7) is 0. The highest BCUT2D eigenvalue weighted by Gasteiger charge is 2.07. The van der Waals surface area contributed by atoms with E-state index >= 15 is 0 Å². The maximum atomic E-state index is 5.23. The zero-order chi connectivity index (χ0) is 15.2. The highest BCUT2D eigenvalue weighted by Crippen LogP contribution is 2.30. The van der Waals surface area contributed by atoms with Crippen molar-refractivity contribution in [1.82, 2.24) is 9.97 Å². The van der Waals surface area contributed by atoms with E-state index in [0.717, 1.165) is 22.0 Å². The molecule has 0 saturated heterocycles. The Morgan fingerprint density at radius 1 is 1.09 bits per heavy atom. The van der Waals surface area contributed by atoms with E-state index in [2.05, 4.69) is 44.3 Å². The Kier molecular flexibility index (Phi) is 4.88. The Bertz CT molecular complexity index is 738. The van der Waals surface area contributed by atoms with E-state index in [9.17, 15) is 0 Å². The highest BCUT2D eigenvalue weighted by atomic mass is 32.2. The van der Waals surface area contributed by atoms with Crippen molar-refractivity contribution in [2.45, 2.75) is 5.16 Å². The van der Waals surface area contributed by atoms with Gasteiger partial charge in [-0.15, -0.1) is 0 Å². The summed E-state index contributed by atoms with van der Waals surface area (Å²) in [6, 6.07) is 12.0. The Morgan fingerprint density at radius 2 is 1.86 bits per heavy atom. The average molecular weight is 326 g/mol. The molecular weight excluding hydrogens is 312 g/mol. The van der Waals surface area contributed by atoms with Gasteiger partial charge in [0.1, 0.15) is 5.75 Å². The van der Waals surface area contributed by atoms with Gasteiger partial charge in [0.2, 0.25) is 0 Å². The van der Waals surface area contributed by atoms with Crippen LogP contribution in [0.4, 0.5) is 0 Å². The van der Waals surface area contributed by atoms with E-state index in [1.807, 2.05) is 18.2 Å². The third-order valence-corrected chi connectivity index (χ3v) is 4.52. The van der Waals surface area contributed by atoms with Gasteiger partial charge in [-0.25, -0.2) is 9.97 Å². The molecular formula is C17H14N2OS2. The normalized spacial score (nSPS) is 11.4. The van der Waals surface area contributed by atoms with Crippen LogP contribution >= 0.6 is 23.1 Å². The van der Waals surface area contributed by atoms with Crippen molar-refractivity contribution in [3.05, 3.63) is 76.1 Å². The maximum Gasteiger partial charge on any atom is 0.191 e. The molecule has 3 aromatic rings. The maximum absolute atomic E-state index is 5.23. The highest BCUT2D eigenvalue weighted by molar-refractivity contribution is 8.02. The number of hydrogen-bond acceptors (Lipinski definition) is 5. The first-order chi connectivity index (χ1) is 10.9. The molecule has 3 rings (SSSR count). The second kappa shape index (κ2) is 7.24. The number of methoxy groups -OCH3 is 1. The van der Waals surface area contributed by atoms with Crippen molar-refractivity contribution >= 4 is 28.7 Å². The minimum atomic E-state index is 0.740. The van der Waals surface area contributed by atoms with Crippen LogP contribution in [0.1, 0.15) is 11.1 Å². The number of thiophene rings is 1. The number of thioether (sulfide) groups is 1. The fraction of sp³-hybridized carbons (Fsp3) is 0.0588. The molecule has 22 heavy (non-hydrogen) atoms. The molecule has 1 aromatic carbocycles. The molecule has 0 atom stereocenters. The molecule has 3 nitrogen and oxygen atoms in total. The third kappa shape index (κ3) is 3.55. The predicted molar refractivity (Wildman–Crippen MR) is 92.3 cm³/mol. The Morgan fingerprint density at radius 3 is 2.50 bits per heavy atom. The molecule has 0 bridgehead atoms. The Hall–Kier alpha value is -2.11. The van der Waals surface area contributed by atoms with Crippen molar-refractivity contribution in [3.8, 4) is 5.75 Å². The van der Waals surface area contributed by atoms with Crippen molar-refractivity contribution < 1.29 is 4.74 Å². The number of benzene rings is 1. The molecule has 5 heteroatoms. The second-order valence-corrected chi connectivity index (χ2v) is 6.04. The summed E-state index contributed by atoms with van der Waals surface area (Å²) in [5, 5.41) is 7.06. The summed E-state index contributed by atoms with van der Waals surface area (Å²) in [7, 11) is 1.67. The van der Waals surface area contributed by atoms with Crippen LogP contribution in [-0.2, 0) is 0 Å². The van der Waals surface area contributed by atoms with Crippen LogP contribution in [0.15, 0.2) is 70.1 Å². The monoisotopic (exact) mass is 326 g/mol. The predicted octanol–water partition coefficient (Wildman–Crippen LogP) is 4.73. The lowest BCUT2D eigenvalue weighted by molar-refractivity contribution is 0.415. The van der Waals surface area contributed by atoms with E-state index in [1.54, 1.807) is 30.8 Å². The van der Waals surface area contributed by atoms with Crippen LogP contribution in [0.3, 0.4) is 0 Å². The Labute approximate surface area is 137 Å². The van der Waals surface area contributed by atoms with Gasteiger partial charge in [0, 0.05) is 12.4 Å². The molecule has 0 N–H and O–H groups in total. The van der Waals surface area contributed by atoms with Gasteiger partial charge in [-0.1, -0.05) is 23.9 Å². The van der Waals surface area contributed by atoms with Gasteiger partial charge in [0.15, 0.2) is 5.16 Å². The van der Waals surface area contributed by atoms with Crippen LogP contribution in [0.2, 0.25) is 0 Å². The summed E-state index contributed by atoms with van der Waals surface area (Å²) in [5.41, 5.74) is 3.49. The molecule has 0 aliphatic heterocycles. The van der Waals surface area contributed by atoms with E-state index in [1.165, 1.54) is 17.3 Å². The van der Waals surface area contributed by atoms with Crippen molar-refractivity contribution in [1.29, 1.82) is 0 Å². The van der Waals surface area contributed by atoms with E-state index < -0.39 is 0 Å². The fourth-order valence-electron chi connectivity index (χ4n) is 1.95. The molecule has 0 radical (unpaired) electrons. The summed E-state index contributed by atoms with van der Waals surface area (Å²) in [4.78, 5) is 8.49. The Balaban J connectivity index is 1.93. The standard InChI is InChI=1S/C17H14N2OS2/c1-20-15-5-3-13(4-6-15)16(14-7-10-21-11-14)12-22-17-18-8-2-9-19-17/h2-12H,1H3/b16-12+. The van der Waals surface area contributed by atoms with Crippen LogP contribution in [0, 0.1) is 0 Å². The second-order valence-electron chi connectivity index (χ2n) is 4.42. The van der Waals surface area contributed by atoms with Gasteiger partial charge >= 0.3 is 0 Å². The summed E-state index contributed by atoms with van der Waals surface area (Å²) >= 11 is 3.21. The van der Waals surface area contributed by atoms with Crippen LogP contribution < -0.4 is 4.74 Å². The molecule has 0 spiro atoms. The third-order valence-electron chi connectivity index (χ3n) is 3.06. The first-order valence-electron chi connectivity index (χ1n) is 6.67. The van der Waals surface area contributed by atoms with Gasteiger partial charge in [-0.3, -0.25) is 0 Å². The molecule has 0 fully saturated rings. The number of rotatable bonds is 5. The summed E-state index contributed by atoms with van der Waals surface area (Å²) in [6.07, 6.45) is 3.50. The molecule has 2 heterocycles. The van der Waals surface area contributed by atoms with Gasteiger partial charge < -0.3 is 4.74 Å². The summed E-state index contributed by atoms with van der Waals surface area (Å²) in [5.74, 6) is 0.854.